The molecule has 3 nitrogen and oxygen atoms in total. The molecule has 0 saturated carbocycles. The van der Waals surface area contributed by atoms with Gasteiger partial charge in [-0.1, -0.05) is 11.6 Å². The van der Waals surface area contributed by atoms with E-state index in [0.29, 0.717) is 20.0 Å². The number of rotatable bonds is 1. The van der Waals surface area contributed by atoms with Crippen molar-refractivity contribution in [2.45, 2.75) is 0 Å². The first-order chi connectivity index (χ1) is 7.58. The molecule has 1 heterocycles. The average molecular weight is 342 g/mol. The molecule has 0 aliphatic heterocycles. The molecular weight excluding hydrogens is 339 g/mol. The van der Waals surface area contributed by atoms with Gasteiger partial charge in [-0.05, 0) is 32.3 Å². The minimum atomic E-state index is -0.705. The van der Waals surface area contributed by atoms with Gasteiger partial charge in [-0.25, -0.2) is 9.38 Å². The van der Waals surface area contributed by atoms with Crippen molar-refractivity contribution in [1.82, 2.24) is 4.37 Å². The lowest BCUT2D eigenvalue weighted by molar-refractivity contribution is 0.432. The van der Waals surface area contributed by atoms with E-state index in [0.717, 1.165) is 6.07 Å². The summed E-state index contributed by atoms with van der Waals surface area (Å²) in [6, 6.07) is 2.37. The molecule has 84 valence electrons. The largest absolute Gasteiger partial charge is 0.505 e. The molecule has 8 heteroatoms. The molecule has 0 bridgehead atoms. The highest BCUT2D eigenvalue weighted by Crippen LogP contribution is 2.31. The Morgan fingerprint density at radius 1 is 1.50 bits per heavy atom. The Morgan fingerprint density at radius 2 is 2.25 bits per heavy atom. The van der Waals surface area contributed by atoms with E-state index < -0.39 is 11.6 Å². The molecule has 0 aliphatic rings. The van der Waals surface area contributed by atoms with E-state index in [4.69, 9.17) is 11.6 Å². The van der Waals surface area contributed by atoms with Gasteiger partial charge in [0.25, 0.3) is 0 Å². The van der Waals surface area contributed by atoms with Crippen LogP contribution in [0.15, 0.2) is 21.6 Å². The van der Waals surface area contributed by atoms with Crippen LogP contribution in [0.2, 0.25) is 5.15 Å². The van der Waals surface area contributed by atoms with E-state index in [9.17, 15) is 9.50 Å². The van der Waals surface area contributed by atoms with Crippen LogP contribution in [-0.2, 0) is 0 Å². The van der Waals surface area contributed by atoms with E-state index in [-0.39, 0.29) is 0 Å². The molecule has 0 atom stereocenters. The van der Waals surface area contributed by atoms with Crippen molar-refractivity contribution in [3.63, 3.8) is 0 Å². The van der Waals surface area contributed by atoms with Crippen LogP contribution in [0.25, 0.3) is 0 Å². The summed E-state index contributed by atoms with van der Waals surface area (Å²) in [5.41, 5.74) is 0.400. The number of hydrogen-bond donors (Lipinski definition) is 1. The summed E-state index contributed by atoms with van der Waals surface area (Å²) in [5, 5.41) is 9.52. The molecule has 1 aromatic heterocycles. The minimum Gasteiger partial charge on any atom is -0.505 e. The van der Waals surface area contributed by atoms with Crippen LogP contribution in [0.5, 0.6) is 5.75 Å². The van der Waals surface area contributed by atoms with Gasteiger partial charge in [-0.3, -0.25) is 0 Å². The van der Waals surface area contributed by atoms with Crippen LogP contribution in [0, 0.1) is 5.82 Å². The number of aromatic nitrogens is 1. The van der Waals surface area contributed by atoms with Crippen LogP contribution in [0.4, 0.5) is 10.1 Å². The average Bonchev–Trinajstić information content (AvgIpc) is 2.61. The standard InChI is InChI=1S/C8H3BrClFN2OS2/c9-3-1-4(11)6(14)2-5(3)12-8-7(10)13-16-15-8/h1-2,14H. The quantitative estimate of drug-likeness (QED) is 0.804. The van der Waals surface area contributed by atoms with Gasteiger partial charge in [0, 0.05) is 21.1 Å². The van der Waals surface area contributed by atoms with Crippen molar-refractivity contribution < 1.29 is 9.50 Å². The topological polar surface area (TPSA) is 45.5 Å². The number of phenolic OH excluding ortho intramolecular Hbond substituents is 1. The van der Waals surface area contributed by atoms with Gasteiger partial charge in [-0.2, -0.15) is 4.37 Å². The number of benzene rings is 1. The van der Waals surface area contributed by atoms with E-state index in [1.54, 1.807) is 0 Å². The van der Waals surface area contributed by atoms with Gasteiger partial charge in [0.2, 0.25) is 0 Å². The van der Waals surface area contributed by atoms with Gasteiger partial charge in [-0.15, -0.1) is 0 Å². The van der Waals surface area contributed by atoms with E-state index in [1.807, 2.05) is 0 Å². The van der Waals surface area contributed by atoms with Gasteiger partial charge in [0.15, 0.2) is 21.4 Å². The third-order valence-corrected chi connectivity index (χ3v) is 4.45. The van der Waals surface area contributed by atoms with E-state index in [2.05, 4.69) is 25.3 Å². The van der Waals surface area contributed by atoms with Crippen LogP contribution < -0.4 is 4.67 Å². The molecule has 0 amide bonds. The van der Waals surface area contributed by atoms with Crippen molar-refractivity contribution in [3.8, 4) is 5.75 Å². The van der Waals surface area contributed by atoms with Gasteiger partial charge >= 0.3 is 0 Å². The Morgan fingerprint density at radius 3 is 2.88 bits per heavy atom. The van der Waals surface area contributed by atoms with E-state index in [1.165, 1.54) is 26.9 Å². The third kappa shape index (κ3) is 2.42. The zero-order valence-electron chi connectivity index (χ0n) is 7.45. The number of hydrogen-bond acceptors (Lipinski definition) is 5. The lowest BCUT2D eigenvalue weighted by Gasteiger charge is -1.99. The molecule has 2 rings (SSSR count). The Balaban J connectivity index is 2.59. The predicted octanol–water partition coefficient (Wildman–Crippen LogP) is 3.70. The Hall–Kier alpha value is -0.500. The third-order valence-electron chi connectivity index (χ3n) is 1.65. The zero-order chi connectivity index (χ0) is 11.7. The fraction of sp³-hybridized carbons (Fsp3) is 0. The summed E-state index contributed by atoms with van der Waals surface area (Å²) in [4.78, 5) is 4.16. The Kier molecular flexibility index (Phi) is 3.58. The number of aromatic hydroxyl groups is 1. The van der Waals surface area contributed by atoms with Crippen molar-refractivity contribution in [2.24, 2.45) is 4.99 Å². The fourth-order valence-electron chi connectivity index (χ4n) is 0.946. The van der Waals surface area contributed by atoms with Crippen molar-refractivity contribution in [2.75, 3.05) is 0 Å². The second kappa shape index (κ2) is 4.79. The monoisotopic (exact) mass is 340 g/mol. The fourth-order valence-corrected chi connectivity index (χ4v) is 3.34. The first-order valence-electron chi connectivity index (χ1n) is 3.92. The molecule has 16 heavy (non-hydrogen) atoms. The van der Waals surface area contributed by atoms with Crippen LogP contribution in [0.1, 0.15) is 0 Å². The minimum absolute atomic E-state index is 0.297. The first-order valence-corrected chi connectivity index (χ1v) is 7.20. The van der Waals surface area contributed by atoms with Crippen LogP contribution in [0.3, 0.4) is 0 Å². The highest BCUT2D eigenvalue weighted by molar-refractivity contribution is 9.10. The number of nitrogens with zero attached hydrogens (tertiary/aromatic N) is 2. The second-order valence-electron chi connectivity index (χ2n) is 2.71. The maximum Gasteiger partial charge on any atom is 0.179 e. The Bertz CT molecular complexity index is 598. The zero-order valence-corrected chi connectivity index (χ0v) is 11.4. The maximum atomic E-state index is 13.0. The number of phenols is 1. The molecular formula is C8H3BrClFN2OS2. The molecule has 0 saturated heterocycles. The summed E-state index contributed by atoms with van der Waals surface area (Å²) in [6.45, 7) is 0. The lowest BCUT2D eigenvalue weighted by atomic mass is 10.3. The SMILES string of the molecule is Oc1cc(N=c2ssnc2Cl)c(Br)cc1F. The van der Waals surface area contributed by atoms with Gasteiger partial charge in [0.1, 0.15) is 0 Å². The van der Waals surface area contributed by atoms with E-state index >= 15 is 0 Å². The Labute approximate surface area is 111 Å². The summed E-state index contributed by atoms with van der Waals surface area (Å²) >= 11 is 8.93. The molecule has 0 radical (unpaired) electrons. The van der Waals surface area contributed by atoms with Gasteiger partial charge in [0.05, 0.1) is 5.69 Å². The molecule has 0 spiro atoms. The predicted molar refractivity (Wildman–Crippen MR) is 66.0 cm³/mol. The lowest BCUT2D eigenvalue weighted by Crippen LogP contribution is -1.93. The second-order valence-corrected chi connectivity index (χ2v) is 5.76. The normalized spacial score (nSPS) is 12.1. The van der Waals surface area contributed by atoms with Crippen molar-refractivity contribution in [3.05, 3.63) is 32.2 Å². The molecule has 1 aromatic carbocycles. The van der Waals surface area contributed by atoms with Crippen LogP contribution in [-0.4, -0.2) is 9.48 Å². The van der Waals surface area contributed by atoms with Crippen molar-refractivity contribution >= 4 is 54.1 Å². The summed E-state index contributed by atoms with van der Waals surface area (Å²) in [5.74, 6) is -1.16. The highest BCUT2D eigenvalue weighted by atomic mass is 79.9. The smallest absolute Gasteiger partial charge is 0.179 e. The summed E-state index contributed by atoms with van der Waals surface area (Å²) < 4.78 is 17.8. The highest BCUT2D eigenvalue weighted by Gasteiger charge is 2.07. The first kappa shape index (κ1) is 12.0. The molecule has 1 N–H and O–H groups in total. The van der Waals surface area contributed by atoms with Crippen LogP contribution >= 0.6 is 48.4 Å². The molecule has 2 aromatic rings. The van der Waals surface area contributed by atoms with Gasteiger partial charge < -0.3 is 5.11 Å². The molecule has 0 aliphatic carbocycles. The summed E-state index contributed by atoms with van der Waals surface area (Å²) in [6.07, 6.45) is 0. The molecule has 0 unspecified atom stereocenters. The summed E-state index contributed by atoms with van der Waals surface area (Å²) in [7, 11) is 2.51. The number of halogens is 3. The van der Waals surface area contributed by atoms with Crippen molar-refractivity contribution in [1.29, 1.82) is 0 Å². The maximum absolute atomic E-state index is 13.0. The molecule has 0 fully saturated rings.